The van der Waals surface area contributed by atoms with E-state index in [0.29, 0.717) is 39.8 Å². The fourth-order valence-corrected chi connectivity index (χ4v) is 2.34. The van der Waals surface area contributed by atoms with Crippen molar-refractivity contribution in [3.05, 3.63) is 41.6 Å². The van der Waals surface area contributed by atoms with E-state index in [4.69, 9.17) is 16.0 Å². The van der Waals surface area contributed by atoms with Crippen LogP contribution in [0, 0.1) is 0 Å². The first-order valence-electron chi connectivity index (χ1n) is 7.04. The molecule has 2 aromatic heterocycles. The number of carbonyl (C=O) groups is 1. The smallest absolute Gasteiger partial charge is 0.368 e. The monoisotopic (exact) mass is 316 g/mol. The molecule has 6 heteroatoms. The molecule has 0 aliphatic carbocycles. The van der Waals surface area contributed by atoms with Crippen LogP contribution in [0.3, 0.4) is 0 Å². The summed E-state index contributed by atoms with van der Waals surface area (Å²) < 4.78 is 5.70. The van der Waals surface area contributed by atoms with Gasteiger partial charge in [0, 0.05) is 17.1 Å². The van der Waals surface area contributed by atoms with Gasteiger partial charge in [0.1, 0.15) is 0 Å². The Balaban J connectivity index is 1.97. The van der Waals surface area contributed by atoms with Crippen LogP contribution in [0.4, 0.5) is 5.69 Å². The van der Waals surface area contributed by atoms with Crippen molar-refractivity contribution in [2.45, 2.75) is 19.8 Å². The molecule has 0 saturated carbocycles. The zero-order valence-corrected chi connectivity index (χ0v) is 12.8. The Morgan fingerprint density at radius 3 is 3.05 bits per heavy atom. The predicted molar refractivity (Wildman–Crippen MR) is 84.5 cm³/mol. The van der Waals surface area contributed by atoms with Gasteiger partial charge in [-0.25, -0.2) is 4.98 Å². The minimum atomic E-state index is -0.0262. The van der Waals surface area contributed by atoms with E-state index in [2.05, 4.69) is 15.3 Å². The van der Waals surface area contributed by atoms with E-state index >= 15 is 0 Å². The number of hydrogen-bond donors (Lipinski definition) is 1. The number of halogens is 1. The van der Waals surface area contributed by atoms with Crippen molar-refractivity contribution in [1.29, 1.82) is 0 Å². The molecule has 0 bridgehead atoms. The quantitative estimate of drug-likeness (QED) is 0.798. The molecule has 0 saturated heterocycles. The molecular formula is C16H15ClN3O2+. The van der Waals surface area contributed by atoms with Gasteiger partial charge in [-0.15, -0.1) is 0 Å². The van der Waals surface area contributed by atoms with Gasteiger partial charge in [0.05, 0.1) is 16.8 Å². The standard InChI is InChI=1S/C16H14ClN3O2/c1-2-4-14(21)19-10-6-7-12(17)11(9-10)16-20-15-13(22-16)5-3-8-18-15/h3,5-9H,2,4H2,1H3,(H,19,21)/p+1. The highest BCUT2D eigenvalue weighted by molar-refractivity contribution is 6.33. The van der Waals surface area contributed by atoms with Crippen LogP contribution in [-0.2, 0) is 4.79 Å². The van der Waals surface area contributed by atoms with Crippen molar-refractivity contribution < 1.29 is 14.2 Å². The van der Waals surface area contributed by atoms with Crippen LogP contribution >= 0.6 is 11.6 Å². The predicted octanol–water partition coefficient (Wildman–Crippen LogP) is 3.70. The number of fused-ring (bicyclic) bond motifs is 1. The van der Waals surface area contributed by atoms with Crippen LogP contribution in [0.5, 0.6) is 0 Å². The number of anilines is 1. The average Bonchev–Trinajstić information content (AvgIpc) is 2.93. The van der Waals surface area contributed by atoms with Crippen molar-refractivity contribution in [3.8, 4) is 11.5 Å². The number of H-pyrrole nitrogens is 1. The molecule has 2 heterocycles. The number of nitrogens with one attached hydrogen (secondary N) is 2. The third-order valence-corrected chi connectivity index (χ3v) is 3.50. The number of amides is 1. The van der Waals surface area contributed by atoms with Gasteiger partial charge in [0.25, 0.3) is 0 Å². The number of carbonyl (C=O) groups excluding carboxylic acids is 1. The summed E-state index contributed by atoms with van der Waals surface area (Å²) in [4.78, 5) is 19.1. The van der Waals surface area contributed by atoms with Crippen LogP contribution in [0.1, 0.15) is 19.8 Å². The third kappa shape index (κ3) is 2.94. The largest absolute Gasteiger partial charge is 0.411 e. The fraction of sp³-hybridized carbons (Fsp3) is 0.188. The minimum Gasteiger partial charge on any atom is -0.411 e. The van der Waals surface area contributed by atoms with Gasteiger partial charge in [-0.05, 0) is 36.8 Å². The maximum Gasteiger partial charge on any atom is 0.368 e. The first-order chi connectivity index (χ1) is 10.7. The van der Waals surface area contributed by atoms with Gasteiger partial charge in [0.2, 0.25) is 11.5 Å². The second-order valence-electron chi connectivity index (χ2n) is 4.89. The molecule has 0 aliphatic rings. The van der Waals surface area contributed by atoms with Gasteiger partial charge in [0.15, 0.2) is 0 Å². The maximum absolute atomic E-state index is 11.7. The van der Waals surface area contributed by atoms with E-state index in [0.717, 1.165) is 6.42 Å². The summed E-state index contributed by atoms with van der Waals surface area (Å²) in [7, 11) is 0. The Labute approximate surface area is 132 Å². The summed E-state index contributed by atoms with van der Waals surface area (Å²) in [6.07, 6.45) is 3.06. The van der Waals surface area contributed by atoms with Crippen molar-refractivity contribution >= 4 is 34.4 Å². The molecule has 1 amide bonds. The zero-order valence-electron chi connectivity index (χ0n) is 12.0. The Morgan fingerprint density at radius 1 is 1.41 bits per heavy atom. The molecule has 3 rings (SSSR count). The molecule has 22 heavy (non-hydrogen) atoms. The molecule has 2 N–H and O–H groups in total. The molecule has 0 radical (unpaired) electrons. The fourth-order valence-electron chi connectivity index (χ4n) is 2.14. The number of nitrogens with zero attached hydrogens (tertiary/aromatic N) is 1. The summed E-state index contributed by atoms with van der Waals surface area (Å²) in [5.41, 5.74) is 2.60. The molecule has 0 unspecified atom stereocenters. The minimum absolute atomic E-state index is 0.0262. The number of aromatic amines is 1. The number of hydrogen-bond acceptors (Lipinski definition) is 3. The van der Waals surface area contributed by atoms with Crippen LogP contribution in [0.25, 0.3) is 22.7 Å². The molecule has 5 nitrogen and oxygen atoms in total. The number of benzene rings is 1. The second kappa shape index (κ2) is 6.15. The van der Waals surface area contributed by atoms with E-state index in [9.17, 15) is 4.79 Å². The Kier molecular flexibility index (Phi) is 4.06. The van der Waals surface area contributed by atoms with Gasteiger partial charge in [-0.2, -0.15) is 0 Å². The van der Waals surface area contributed by atoms with E-state index in [1.165, 1.54) is 0 Å². The molecule has 0 aliphatic heterocycles. The molecule has 0 spiro atoms. The second-order valence-corrected chi connectivity index (χ2v) is 5.30. The SMILES string of the molecule is CCCC(=O)Nc1ccc(Cl)c(-c2nc3[nH+]cccc3o2)c1. The molecule has 0 fully saturated rings. The van der Waals surface area contributed by atoms with Crippen LogP contribution in [-0.4, -0.2) is 10.9 Å². The first kappa shape index (κ1) is 14.5. The van der Waals surface area contributed by atoms with Crippen molar-refractivity contribution in [1.82, 2.24) is 4.98 Å². The highest BCUT2D eigenvalue weighted by Crippen LogP contribution is 2.31. The zero-order chi connectivity index (χ0) is 15.5. The first-order valence-corrected chi connectivity index (χ1v) is 7.42. The number of aromatic nitrogens is 2. The lowest BCUT2D eigenvalue weighted by Gasteiger charge is -2.05. The summed E-state index contributed by atoms with van der Waals surface area (Å²) in [6.45, 7) is 1.96. The van der Waals surface area contributed by atoms with E-state index in [1.807, 2.05) is 19.1 Å². The van der Waals surface area contributed by atoms with Gasteiger partial charge in [-0.3, -0.25) is 4.79 Å². The van der Waals surface area contributed by atoms with Crippen LogP contribution in [0.2, 0.25) is 5.02 Å². The Hall–Kier alpha value is -2.40. The third-order valence-electron chi connectivity index (χ3n) is 3.17. The van der Waals surface area contributed by atoms with E-state index in [1.54, 1.807) is 24.4 Å². The summed E-state index contributed by atoms with van der Waals surface area (Å²) in [5.74, 6) is 0.385. The van der Waals surface area contributed by atoms with Crippen LogP contribution < -0.4 is 10.3 Å². The Bertz CT molecular complexity index is 796. The van der Waals surface area contributed by atoms with E-state index < -0.39 is 0 Å². The van der Waals surface area contributed by atoms with Gasteiger partial charge >= 0.3 is 11.5 Å². The van der Waals surface area contributed by atoms with Crippen molar-refractivity contribution in [2.24, 2.45) is 0 Å². The molecule has 3 aromatic rings. The lowest BCUT2D eigenvalue weighted by atomic mass is 10.2. The summed E-state index contributed by atoms with van der Waals surface area (Å²) in [6, 6.07) is 8.90. The normalized spacial score (nSPS) is 10.8. The van der Waals surface area contributed by atoms with Gasteiger partial charge < -0.3 is 9.73 Å². The van der Waals surface area contributed by atoms with Crippen LogP contribution in [0.15, 0.2) is 40.9 Å². The average molecular weight is 317 g/mol. The lowest BCUT2D eigenvalue weighted by Crippen LogP contribution is -2.10. The lowest BCUT2D eigenvalue weighted by molar-refractivity contribution is -0.347. The molecule has 0 atom stereocenters. The Morgan fingerprint density at radius 2 is 2.27 bits per heavy atom. The summed E-state index contributed by atoms with van der Waals surface area (Å²) >= 11 is 6.23. The van der Waals surface area contributed by atoms with Crippen molar-refractivity contribution in [3.63, 3.8) is 0 Å². The highest BCUT2D eigenvalue weighted by Gasteiger charge is 2.19. The van der Waals surface area contributed by atoms with Crippen molar-refractivity contribution in [2.75, 3.05) is 5.32 Å². The number of pyridine rings is 1. The topological polar surface area (TPSA) is 69.3 Å². The van der Waals surface area contributed by atoms with Gasteiger partial charge in [-0.1, -0.05) is 18.5 Å². The number of oxazole rings is 1. The highest BCUT2D eigenvalue weighted by atomic mass is 35.5. The molecule has 1 aromatic carbocycles. The summed E-state index contributed by atoms with van der Waals surface area (Å²) in [5, 5.41) is 3.35. The van der Waals surface area contributed by atoms with E-state index in [-0.39, 0.29) is 5.91 Å². The molecule has 112 valence electrons. The number of rotatable bonds is 4. The molecular weight excluding hydrogens is 302 g/mol. The maximum atomic E-state index is 11.7.